The minimum absolute atomic E-state index is 0.0120. The number of benzene rings is 1. The van der Waals surface area contributed by atoms with Gasteiger partial charge >= 0.3 is 0 Å². The van der Waals surface area contributed by atoms with Crippen molar-refractivity contribution in [1.29, 1.82) is 0 Å². The lowest BCUT2D eigenvalue weighted by molar-refractivity contribution is -0.131. The summed E-state index contributed by atoms with van der Waals surface area (Å²) in [6, 6.07) is 5.60. The minimum Gasteiger partial charge on any atom is -0.493 e. The number of nitrogens with zero attached hydrogens (tertiary/aromatic N) is 1. The van der Waals surface area contributed by atoms with Gasteiger partial charge in [-0.05, 0) is 80.4 Å². The summed E-state index contributed by atoms with van der Waals surface area (Å²) < 4.78 is 11.2. The van der Waals surface area contributed by atoms with Crippen molar-refractivity contribution in [2.24, 2.45) is 28.8 Å². The molecule has 6 heteroatoms. The fourth-order valence-corrected chi connectivity index (χ4v) is 5.93. The molecule has 4 aliphatic rings. The van der Waals surface area contributed by atoms with Gasteiger partial charge in [-0.15, -0.1) is 0 Å². The van der Waals surface area contributed by atoms with Crippen molar-refractivity contribution >= 4 is 12.1 Å². The summed E-state index contributed by atoms with van der Waals surface area (Å²) in [6.45, 7) is 4.78. The Morgan fingerprint density at radius 3 is 2.43 bits per heavy atom. The third-order valence-electron chi connectivity index (χ3n) is 6.67. The van der Waals surface area contributed by atoms with Crippen LogP contribution in [0.2, 0.25) is 0 Å². The number of oxime groups is 1. The van der Waals surface area contributed by atoms with E-state index in [4.69, 9.17) is 14.3 Å². The van der Waals surface area contributed by atoms with Gasteiger partial charge in [0.2, 0.25) is 0 Å². The van der Waals surface area contributed by atoms with Crippen molar-refractivity contribution in [3.63, 3.8) is 0 Å². The zero-order valence-corrected chi connectivity index (χ0v) is 18.4. The average molecular weight is 415 g/mol. The van der Waals surface area contributed by atoms with Crippen molar-refractivity contribution < 1.29 is 19.1 Å². The molecule has 1 aromatic carbocycles. The van der Waals surface area contributed by atoms with Crippen molar-refractivity contribution in [1.82, 2.24) is 5.32 Å². The van der Waals surface area contributed by atoms with E-state index in [1.165, 1.54) is 19.3 Å². The number of methoxy groups -OCH3 is 1. The highest BCUT2D eigenvalue weighted by atomic mass is 16.6. The molecule has 0 spiro atoms. The van der Waals surface area contributed by atoms with Gasteiger partial charge in [0.25, 0.3) is 5.91 Å². The number of carbonyl (C=O) groups is 1. The first-order valence-corrected chi connectivity index (χ1v) is 11.2. The number of hydrogen-bond donors (Lipinski definition) is 1. The smallest absolute Gasteiger partial charge is 0.261 e. The van der Waals surface area contributed by atoms with E-state index in [1.807, 2.05) is 18.2 Å². The SMILES string of the molecule is COc1cc(/C=N\OCC(=O)NC23CC4CC(CC(C4)C2)C3)ccc1OCC(C)C. The van der Waals surface area contributed by atoms with Gasteiger partial charge in [-0.2, -0.15) is 0 Å². The fourth-order valence-electron chi connectivity index (χ4n) is 5.93. The average Bonchev–Trinajstić information content (AvgIpc) is 2.68. The summed E-state index contributed by atoms with van der Waals surface area (Å²) >= 11 is 0. The van der Waals surface area contributed by atoms with E-state index in [-0.39, 0.29) is 18.1 Å². The Morgan fingerprint density at radius 2 is 1.83 bits per heavy atom. The molecule has 1 aromatic rings. The fraction of sp³-hybridized carbons (Fsp3) is 0.667. The lowest BCUT2D eigenvalue weighted by Gasteiger charge is -2.56. The summed E-state index contributed by atoms with van der Waals surface area (Å²) in [7, 11) is 1.61. The molecule has 4 aliphatic carbocycles. The number of ether oxygens (including phenoxy) is 2. The van der Waals surface area contributed by atoms with E-state index in [2.05, 4.69) is 24.3 Å². The lowest BCUT2D eigenvalue weighted by atomic mass is 9.53. The molecule has 0 aliphatic heterocycles. The molecule has 6 nitrogen and oxygen atoms in total. The largest absolute Gasteiger partial charge is 0.493 e. The summed E-state index contributed by atoms with van der Waals surface area (Å²) in [5, 5.41) is 7.27. The monoisotopic (exact) mass is 414 g/mol. The Hall–Kier alpha value is -2.24. The summed E-state index contributed by atoms with van der Waals surface area (Å²) in [5.74, 6) is 4.14. The summed E-state index contributed by atoms with van der Waals surface area (Å²) in [6.07, 6.45) is 9.09. The van der Waals surface area contributed by atoms with Crippen LogP contribution in [0.4, 0.5) is 0 Å². The highest BCUT2D eigenvalue weighted by molar-refractivity contribution is 5.81. The predicted molar refractivity (Wildman–Crippen MR) is 116 cm³/mol. The number of rotatable bonds is 9. The minimum atomic E-state index is -0.0656. The molecule has 0 saturated heterocycles. The van der Waals surface area contributed by atoms with E-state index in [9.17, 15) is 4.79 Å². The molecule has 1 N–H and O–H groups in total. The molecule has 0 radical (unpaired) electrons. The van der Waals surface area contributed by atoms with Crippen LogP contribution in [-0.4, -0.2) is 38.0 Å². The van der Waals surface area contributed by atoms with Crippen LogP contribution in [0.25, 0.3) is 0 Å². The Labute approximate surface area is 179 Å². The van der Waals surface area contributed by atoms with Crippen LogP contribution >= 0.6 is 0 Å². The number of hydrogen-bond acceptors (Lipinski definition) is 5. The molecule has 0 atom stereocenters. The molecule has 0 aromatic heterocycles. The highest BCUT2D eigenvalue weighted by Gasteiger charge is 2.51. The number of nitrogens with one attached hydrogen (secondary N) is 1. The Morgan fingerprint density at radius 1 is 1.17 bits per heavy atom. The van der Waals surface area contributed by atoms with Gasteiger partial charge in [-0.1, -0.05) is 19.0 Å². The highest BCUT2D eigenvalue weighted by Crippen LogP contribution is 2.55. The van der Waals surface area contributed by atoms with Crippen LogP contribution in [0.15, 0.2) is 23.4 Å². The predicted octanol–water partition coefficient (Wildman–Crippen LogP) is 4.17. The Balaban J connectivity index is 1.26. The van der Waals surface area contributed by atoms with Crippen molar-refractivity contribution in [3.8, 4) is 11.5 Å². The van der Waals surface area contributed by atoms with E-state index in [0.29, 0.717) is 24.0 Å². The van der Waals surface area contributed by atoms with Gasteiger partial charge in [0.1, 0.15) is 0 Å². The second-order valence-corrected chi connectivity index (χ2v) is 9.87. The molecule has 4 bridgehead atoms. The molecular formula is C24H34N2O4. The van der Waals surface area contributed by atoms with Crippen LogP contribution in [0.5, 0.6) is 11.5 Å². The summed E-state index contributed by atoms with van der Waals surface area (Å²) in [4.78, 5) is 17.7. The standard InChI is InChI=1S/C24H34N2O4/c1-16(2)14-29-21-5-4-17(9-22(21)28-3)13-25-30-15-23(27)26-24-10-18-6-19(11-24)8-20(7-18)12-24/h4-5,9,13,16,18-20H,6-8,10-12,14-15H2,1-3H3,(H,26,27)/b25-13-. The molecule has 4 fully saturated rings. The van der Waals surface area contributed by atoms with Crippen molar-refractivity contribution in [2.75, 3.05) is 20.3 Å². The van der Waals surface area contributed by atoms with Gasteiger partial charge in [-0.3, -0.25) is 4.79 Å². The first-order chi connectivity index (χ1) is 14.4. The van der Waals surface area contributed by atoms with Crippen LogP contribution in [0.3, 0.4) is 0 Å². The molecular weight excluding hydrogens is 380 g/mol. The van der Waals surface area contributed by atoms with Crippen LogP contribution in [0, 0.1) is 23.7 Å². The number of carbonyl (C=O) groups excluding carboxylic acids is 1. The maximum Gasteiger partial charge on any atom is 0.261 e. The molecule has 1 amide bonds. The zero-order valence-electron chi connectivity index (χ0n) is 18.4. The van der Waals surface area contributed by atoms with Crippen molar-refractivity contribution in [3.05, 3.63) is 23.8 Å². The van der Waals surface area contributed by atoms with Gasteiger partial charge < -0.3 is 19.6 Å². The van der Waals surface area contributed by atoms with E-state index in [0.717, 1.165) is 42.6 Å². The van der Waals surface area contributed by atoms with E-state index < -0.39 is 0 Å². The lowest BCUT2D eigenvalue weighted by Crippen LogP contribution is -2.60. The second-order valence-electron chi connectivity index (χ2n) is 9.87. The molecule has 0 heterocycles. The summed E-state index contributed by atoms with van der Waals surface area (Å²) in [5.41, 5.74) is 0.836. The van der Waals surface area contributed by atoms with E-state index >= 15 is 0 Å². The maximum atomic E-state index is 12.5. The van der Waals surface area contributed by atoms with Crippen LogP contribution in [-0.2, 0) is 9.63 Å². The van der Waals surface area contributed by atoms with E-state index in [1.54, 1.807) is 13.3 Å². The molecule has 0 unspecified atom stereocenters. The molecule has 4 saturated carbocycles. The first-order valence-electron chi connectivity index (χ1n) is 11.2. The molecule has 164 valence electrons. The van der Waals surface area contributed by atoms with Gasteiger partial charge in [0.05, 0.1) is 19.9 Å². The second kappa shape index (κ2) is 8.86. The molecule has 30 heavy (non-hydrogen) atoms. The topological polar surface area (TPSA) is 69.2 Å². The third kappa shape index (κ3) is 4.90. The van der Waals surface area contributed by atoms with Crippen molar-refractivity contribution in [2.45, 2.75) is 57.9 Å². The Bertz CT molecular complexity index is 754. The third-order valence-corrected chi connectivity index (χ3v) is 6.67. The molecule has 5 rings (SSSR count). The van der Waals surface area contributed by atoms with Crippen LogP contribution in [0.1, 0.15) is 57.9 Å². The van der Waals surface area contributed by atoms with Gasteiger partial charge in [0, 0.05) is 11.1 Å². The van der Waals surface area contributed by atoms with Crippen LogP contribution < -0.4 is 14.8 Å². The zero-order chi connectivity index (χ0) is 21.1. The van der Waals surface area contributed by atoms with Gasteiger partial charge in [-0.25, -0.2) is 0 Å². The maximum absolute atomic E-state index is 12.5. The number of amides is 1. The normalized spacial score (nSPS) is 29.4. The first kappa shape index (κ1) is 21.0. The van der Waals surface area contributed by atoms with Gasteiger partial charge in [0.15, 0.2) is 18.1 Å². The Kier molecular flexibility index (Phi) is 6.21. The quantitative estimate of drug-likeness (QED) is 0.486.